The first-order valence-electron chi connectivity index (χ1n) is 9.82. The minimum atomic E-state index is 0.340. The zero-order valence-electron chi connectivity index (χ0n) is 17.0. The van der Waals surface area contributed by atoms with Crippen LogP contribution in [0.15, 0.2) is 71.9 Å². The topological polar surface area (TPSA) is 30.7 Å². The fourth-order valence-electron chi connectivity index (χ4n) is 3.35. The average Bonchev–Trinajstić information content (AvgIpc) is 3.17. The van der Waals surface area contributed by atoms with Crippen LogP contribution in [0.25, 0.3) is 17.1 Å². The molecule has 0 unspecified atom stereocenters. The maximum atomic E-state index is 6.38. The lowest BCUT2D eigenvalue weighted by molar-refractivity contribution is 0.818. The average molecular weight is 489 g/mol. The second-order valence-corrected chi connectivity index (χ2v) is 9.54. The SMILES string of the molecule is CC(C)c1ccccc1-n1c(SCc2c(Cl)cccc2Cl)nnc1-c1ccc(Cl)cc1. The maximum absolute atomic E-state index is 6.38. The van der Waals surface area contributed by atoms with Gasteiger partial charge in [0.05, 0.1) is 5.69 Å². The van der Waals surface area contributed by atoms with Crippen LogP contribution < -0.4 is 0 Å². The van der Waals surface area contributed by atoms with Gasteiger partial charge < -0.3 is 0 Å². The van der Waals surface area contributed by atoms with E-state index in [1.165, 1.54) is 5.56 Å². The predicted octanol–water partition coefficient (Wildman–Crippen LogP) is 8.31. The molecule has 0 saturated carbocycles. The van der Waals surface area contributed by atoms with E-state index in [1.807, 2.05) is 48.5 Å². The third-order valence-electron chi connectivity index (χ3n) is 4.94. The summed E-state index contributed by atoms with van der Waals surface area (Å²) in [5.41, 5.74) is 4.10. The molecular formula is C24H20Cl3N3S. The molecule has 0 aliphatic heterocycles. The lowest BCUT2D eigenvalue weighted by atomic mass is 10.0. The Labute approximate surface area is 201 Å². The third-order valence-corrected chi connectivity index (χ3v) is 6.86. The van der Waals surface area contributed by atoms with Gasteiger partial charge in [-0.15, -0.1) is 10.2 Å². The summed E-state index contributed by atoms with van der Waals surface area (Å²) in [5, 5.41) is 11.8. The Hall–Kier alpha value is -1.98. The van der Waals surface area contributed by atoms with Crippen LogP contribution in [0.5, 0.6) is 0 Å². The highest BCUT2D eigenvalue weighted by Gasteiger charge is 2.20. The van der Waals surface area contributed by atoms with Gasteiger partial charge in [0.25, 0.3) is 0 Å². The molecule has 0 N–H and O–H groups in total. The highest BCUT2D eigenvalue weighted by molar-refractivity contribution is 7.98. The molecule has 0 aliphatic carbocycles. The van der Waals surface area contributed by atoms with Gasteiger partial charge in [-0.05, 0) is 59.5 Å². The molecule has 3 aromatic carbocycles. The van der Waals surface area contributed by atoms with E-state index in [-0.39, 0.29) is 0 Å². The van der Waals surface area contributed by atoms with E-state index in [9.17, 15) is 0 Å². The Kier molecular flexibility index (Phi) is 6.92. The van der Waals surface area contributed by atoms with Crippen molar-refractivity contribution in [2.45, 2.75) is 30.7 Å². The molecule has 0 bridgehead atoms. The lowest BCUT2D eigenvalue weighted by Gasteiger charge is -2.17. The summed E-state index contributed by atoms with van der Waals surface area (Å²) < 4.78 is 2.11. The van der Waals surface area contributed by atoms with Gasteiger partial charge in [-0.1, -0.05) is 84.7 Å². The number of hydrogen-bond acceptors (Lipinski definition) is 3. The van der Waals surface area contributed by atoms with Gasteiger partial charge >= 0.3 is 0 Å². The largest absolute Gasteiger partial charge is 0.270 e. The second kappa shape index (κ2) is 9.66. The normalized spacial score (nSPS) is 11.3. The lowest BCUT2D eigenvalue weighted by Crippen LogP contribution is -2.05. The molecule has 4 aromatic rings. The van der Waals surface area contributed by atoms with E-state index in [1.54, 1.807) is 11.8 Å². The number of benzene rings is 3. The number of halogens is 3. The molecule has 0 spiro atoms. The fraction of sp³-hybridized carbons (Fsp3) is 0.167. The van der Waals surface area contributed by atoms with Gasteiger partial charge in [-0.25, -0.2) is 0 Å². The van der Waals surface area contributed by atoms with E-state index >= 15 is 0 Å². The minimum absolute atomic E-state index is 0.340. The van der Waals surface area contributed by atoms with E-state index in [4.69, 9.17) is 34.8 Å². The van der Waals surface area contributed by atoms with Crippen molar-refractivity contribution < 1.29 is 0 Å². The third kappa shape index (κ3) is 4.78. The Morgan fingerprint density at radius 3 is 2.19 bits per heavy atom. The number of hydrogen-bond donors (Lipinski definition) is 0. The molecule has 158 valence electrons. The first-order valence-corrected chi connectivity index (χ1v) is 11.9. The Bertz CT molecular complexity index is 1180. The minimum Gasteiger partial charge on any atom is -0.270 e. The van der Waals surface area contributed by atoms with Crippen molar-refractivity contribution in [1.29, 1.82) is 0 Å². The van der Waals surface area contributed by atoms with E-state index in [0.717, 1.165) is 27.8 Å². The molecule has 31 heavy (non-hydrogen) atoms. The van der Waals surface area contributed by atoms with Gasteiger partial charge in [0.2, 0.25) is 0 Å². The van der Waals surface area contributed by atoms with Crippen LogP contribution in [0, 0.1) is 0 Å². The summed E-state index contributed by atoms with van der Waals surface area (Å²) in [6.07, 6.45) is 0. The number of thioether (sulfide) groups is 1. The Balaban J connectivity index is 1.82. The van der Waals surface area contributed by atoms with Crippen LogP contribution in [0.4, 0.5) is 0 Å². The Morgan fingerprint density at radius 2 is 1.52 bits per heavy atom. The van der Waals surface area contributed by atoms with Crippen molar-refractivity contribution in [2.24, 2.45) is 0 Å². The van der Waals surface area contributed by atoms with Gasteiger partial charge in [0, 0.05) is 26.4 Å². The van der Waals surface area contributed by atoms with Crippen molar-refractivity contribution in [3.8, 4) is 17.1 Å². The van der Waals surface area contributed by atoms with Crippen molar-refractivity contribution in [3.63, 3.8) is 0 Å². The van der Waals surface area contributed by atoms with Crippen molar-refractivity contribution >= 4 is 46.6 Å². The van der Waals surface area contributed by atoms with E-state index in [0.29, 0.717) is 26.7 Å². The Morgan fingerprint density at radius 1 is 0.839 bits per heavy atom. The van der Waals surface area contributed by atoms with Gasteiger partial charge in [-0.2, -0.15) is 0 Å². The molecular weight excluding hydrogens is 469 g/mol. The number of nitrogens with zero attached hydrogens (tertiary/aromatic N) is 3. The first kappa shape index (κ1) is 22.2. The molecule has 0 aliphatic rings. The zero-order chi connectivity index (χ0) is 22.0. The van der Waals surface area contributed by atoms with Crippen LogP contribution >= 0.6 is 46.6 Å². The molecule has 0 atom stereocenters. The van der Waals surface area contributed by atoms with Crippen LogP contribution in [-0.2, 0) is 5.75 Å². The van der Waals surface area contributed by atoms with Crippen LogP contribution in [-0.4, -0.2) is 14.8 Å². The summed E-state index contributed by atoms with van der Waals surface area (Å²) in [6, 6.07) is 21.5. The highest BCUT2D eigenvalue weighted by Crippen LogP contribution is 2.35. The fourth-order valence-corrected chi connectivity index (χ4v) is 5.17. The monoisotopic (exact) mass is 487 g/mol. The molecule has 1 aromatic heterocycles. The standard InChI is InChI=1S/C24H20Cl3N3S/c1-15(2)18-6-3-4-9-22(18)30-23(16-10-12-17(25)13-11-16)28-29-24(30)31-14-19-20(26)7-5-8-21(19)27/h3-13,15H,14H2,1-2H3. The van der Waals surface area contributed by atoms with Crippen molar-refractivity contribution in [2.75, 3.05) is 0 Å². The van der Waals surface area contributed by atoms with Crippen LogP contribution in [0.3, 0.4) is 0 Å². The number of para-hydroxylation sites is 1. The van der Waals surface area contributed by atoms with Crippen LogP contribution in [0.1, 0.15) is 30.9 Å². The van der Waals surface area contributed by atoms with E-state index in [2.05, 4.69) is 46.8 Å². The molecule has 3 nitrogen and oxygen atoms in total. The van der Waals surface area contributed by atoms with Crippen LogP contribution in [0.2, 0.25) is 15.1 Å². The maximum Gasteiger partial charge on any atom is 0.196 e. The molecule has 7 heteroatoms. The predicted molar refractivity (Wildman–Crippen MR) is 132 cm³/mol. The van der Waals surface area contributed by atoms with Crippen molar-refractivity contribution in [3.05, 3.63) is 92.9 Å². The smallest absolute Gasteiger partial charge is 0.196 e. The van der Waals surface area contributed by atoms with Gasteiger partial charge in [0.1, 0.15) is 0 Å². The molecule has 0 amide bonds. The first-order chi connectivity index (χ1) is 15.0. The van der Waals surface area contributed by atoms with E-state index < -0.39 is 0 Å². The summed E-state index contributed by atoms with van der Waals surface area (Å²) in [6.45, 7) is 4.36. The summed E-state index contributed by atoms with van der Waals surface area (Å²) in [5.74, 6) is 1.69. The second-order valence-electron chi connectivity index (χ2n) is 7.35. The summed E-state index contributed by atoms with van der Waals surface area (Å²) >= 11 is 20.4. The van der Waals surface area contributed by atoms with Gasteiger partial charge in [0.15, 0.2) is 11.0 Å². The number of rotatable bonds is 6. The summed E-state index contributed by atoms with van der Waals surface area (Å²) in [4.78, 5) is 0. The molecule has 4 rings (SSSR count). The molecule has 0 fully saturated rings. The summed E-state index contributed by atoms with van der Waals surface area (Å²) in [7, 11) is 0. The zero-order valence-corrected chi connectivity index (χ0v) is 20.1. The number of aromatic nitrogens is 3. The molecule has 0 saturated heterocycles. The highest BCUT2D eigenvalue weighted by atomic mass is 35.5. The quantitative estimate of drug-likeness (QED) is 0.256. The van der Waals surface area contributed by atoms with Gasteiger partial charge in [-0.3, -0.25) is 4.57 Å². The molecule has 1 heterocycles. The molecule has 0 radical (unpaired) electrons. The van der Waals surface area contributed by atoms with Crippen molar-refractivity contribution in [1.82, 2.24) is 14.8 Å².